The molecule has 2 rings (SSSR count). The first-order chi connectivity index (χ1) is 7.66. The number of sulfone groups is 1. The maximum Gasteiger partial charge on any atom is 0.151 e. The zero-order valence-electron chi connectivity index (χ0n) is 8.93. The van der Waals surface area contributed by atoms with Crippen LogP contribution < -0.4 is 5.48 Å². The van der Waals surface area contributed by atoms with Crippen LogP contribution in [0.4, 0.5) is 0 Å². The quantitative estimate of drug-likeness (QED) is 0.796. The number of hydrogen-bond donors (Lipinski definition) is 1. The molecule has 0 aliphatic carbocycles. The van der Waals surface area contributed by atoms with Gasteiger partial charge in [0.15, 0.2) is 9.84 Å². The van der Waals surface area contributed by atoms with Crippen molar-refractivity contribution in [1.29, 1.82) is 0 Å². The average molecular weight is 241 g/mol. The third-order valence-corrected chi connectivity index (χ3v) is 4.33. The largest absolute Gasteiger partial charge is 0.297 e. The Hall–Kier alpha value is -0.910. The van der Waals surface area contributed by atoms with Crippen LogP contribution in [0.3, 0.4) is 0 Å². The van der Waals surface area contributed by atoms with E-state index in [1.807, 2.05) is 30.3 Å². The highest BCUT2D eigenvalue weighted by Crippen LogP contribution is 2.11. The molecule has 0 radical (unpaired) electrons. The van der Waals surface area contributed by atoms with Gasteiger partial charge in [0.2, 0.25) is 0 Å². The van der Waals surface area contributed by atoms with Gasteiger partial charge in [0, 0.05) is 6.04 Å². The summed E-state index contributed by atoms with van der Waals surface area (Å²) in [5.74, 6) is 0.446. The van der Waals surface area contributed by atoms with Crippen LogP contribution >= 0.6 is 0 Å². The summed E-state index contributed by atoms with van der Waals surface area (Å²) in [5, 5.41) is 0. The van der Waals surface area contributed by atoms with Gasteiger partial charge < -0.3 is 0 Å². The highest BCUT2D eigenvalue weighted by Gasteiger charge is 2.27. The molecular weight excluding hydrogens is 226 g/mol. The van der Waals surface area contributed by atoms with Gasteiger partial charge in [0.05, 0.1) is 18.1 Å². The van der Waals surface area contributed by atoms with E-state index in [4.69, 9.17) is 4.84 Å². The smallest absolute Gasteiger partial charge is 0.151 e. The third kappa shape index (κ3) is 3.30. The molecule has 1 aliphatic heterocycles. The predicted molar refractivity (Wildman–Crippen MR) is 61.4 cm³/mol. The Labute approximate surface area is 95.5 Å². The van der Waals surface area contributed by atoms with Gasteiger partial charge in [-0.3, -0.25) is 4.84 Å². The zero-order chi connectivity index (χ0) is 11.4. The maximum absolute atomic E-state index is 11.2. The van der Waals surface area contributed by atoms with Crippen molar-refractivity contribution in [3.05, 3.63) is 35.9 Å². The second-order valence-electron chi connectivity index (χ2n) is 3.99. The Balaban J connectivity index is 1.74. The van der Waals surface area contributed by atoms with E-state index in [0.29, 0.717) is 13.0 Å². The van der Waals surface area contributed by atoms with Gasteiger partial charge in [-0.1, -0.05) is 30.3 Å². The van der Waals surface area contributed by atoms with E-state index in [1.54, 1.807) is 0 Å². The summed E-state index contributed by atoms with van der Waals surface area (Å²) in [6.45, 7) is 0.456. The van der Waals surface area contributed by atoms with Gasteiger partial charge >= 0.3 is 0 Å². The van der Waals surface area contributed by atoms with Crippen molar-refractivity contribution in [3.8, 4) is 0 Å². The van der Waals surface area contributed by atoms with Crippen molar-refractivity contribution in [3.63, 3.8) is 0 Å². The standard InChI is InChI=1S/C11H15NO3S/c13-16(14)7-6-11(9-16)12-15-8-10-4-2-1-3-5-10/h1-5,11-12H,6-9H2. The lowest BCUT2D eigenvalue weighted by Gasteiger charge is -2.10. The molecule has 0 bridgehead atoms. The molecule has 0 saturated carbocycles. The molecule has 1 aromatic carbocycles. The number of rotatable bonds is 4. The van der Waals surface area contributed by atoms with Gasteiger partial charge in [0.25, 0.3) is 0 Å². The van der Waals surface area contributed by atoms with Crippen LogP contribution in [0.25, 0.3) is 0 Å². The van der Waals surface area contributed by atoms with Crippen molar-refractivity contribution in [2.24, 2.45) is 0 Å². The minimum atomic E-state index is -2.83. The van der Waals surface area contributed by atoms with E-state index >= 15 is 0 Å². The van der Waals surface area contributed by atoms with Crippen molar-refractivity contribution >= 4 is 9.84 Å². The van der Waals surface area contributed by atoms with Crippen LogP contribution in [-0.2, 0) is 21.3 Å². The molecule has 1 aliphatic rings. The van der Waals surface area contributed by atoms with E-state index < -0.39 is 9.84 Å². The minimum absolute atomic E-state index is 0.0614. The third-order valence-electron chi connectivity index (χ3n) is 2.56. The van der Waals surface area contributed by atoms with Crippen molar-refractivity contribution in [1.82, 2.24) is 5.48 Å². The topological polar surface area (TPSA) is 55.4 Å². The summed E-state index contributed by atoms with van der Waals surface area (Å²) in [4.78, 5) is 5.28. The van der Waals surface area contributed by atoms with Crippen LogP contribution in [0.15, 0.2) is 30.3 Å². The van der Waals surface area contributed by atoms with Crippen LogP contribution in [0, 0.1) is 0 Å². The molecular formula is C11H15NO3S. The SMILES string of the molecule is O=S1(=O)CCC(NOCc2ccccc2)C1. The van der Waals surface area contributed by atoms with Crippen molar-refractivity contribution in [2.45, 2.75) is 19.1 Å². The first kappa shape index (κ1) is 11.6. The highest BCUT2D eigenvalue weighted by atomic mass is 32.2. The van der Waals surface area contributed by atoms with E-state index in [2.05, 4.69) is 5.48 Å². The van der Waals surface area contributed by atoms with E-state index in [1.165, 1.54) is 0 Å². The fourth-order valence-corrected chi connectivity index (χ4v) is 3.36. The van der Waals surface area contributed by atoms with Gasteiger partial charge in [-0.2, -0.15) is 5.48 Å². The Bertz CT molecular complexity index is 430. The normalized spacial score (nSPS) is 23.4. The molecule has 16 heavy (non-hydrogen) atoms. The summed E-state index contributed by atoms with van der Waals surface area (Å²) >= 11 is 0. The first-order valence-corrected chi connectivity index (χ1v) is 7.09. The molecule has 1 aromatic rings. The molecule has 4 nitrogen and oxygen atoms in total. The van der Waals surface area contributed by atoms with Gasteiger partial charge in [-0.25, -0.2) is 8.42 Å². The molecule has 1 heterocycles. The molecule has 1 N–H and O–H groups in total. The lowest BCUT2D eigenvalue weighted by atomic mass is 10.2. The molecule has 5 heteroatoms. The molecule has 1 saturated heterocycles. The van der Waals surface area contributed by atoms with E-state index in [-0.39, 0.29) is 17.5 Å². The molecule has 1 atom stereocenters. The summed E-state index contributed by atoms with van der Waals surface area (Å²) in [6.07, 6.45) is 0.636. The van der Waals surface area contributed by atoms with Gasteiger partial charge in [-0.05, 0) is 12.0 Å². The molecule has 88 valence electrons. The lowest BCUT2D eigenvalue weighted by molar-refractivity contribution is 0.00910. The van der Waals surface area contributed by atoms with Crippen LogP contribution in [0.5, 0.6) is 0 Å². The summed E-state index contributed by atoms with van der Waals surface area (Å²) in [6, 6.07) is 9.70. The molecule has 0 spiro atoms. The molecule has 0 amide bonds. The number of hydrogen-bond acceptors (Lipinski definition) is 4. The van der Waals surface area contributed by atoms with Gasteiger partial charge in [0.1, 0.15) is 0 Å². The summed E-state index contributed by atoms with van der Waals surface area (Å²) in [5.41, 5.74) is 3.87. The second-order valence-corrected chi connectivity index (χ2v) is 6.22. The molecule has 1 fully saturated rings. The molecule has 0 aromatic heterocycles. The zero-order valence-corrected chi connectivity index (χ0v) is 9.74. The average Bonchev–Trinajstić information content (AvgIpc) is 2.60. The Morgan fingerprint density at radius 2 is 2.06 bits per heavy atom. The minimum Gasteiger partial charge on any atom is -0.297 e. The summed E-state index contributed by atoms with van der Waals surface area (Å²) < 4.78 is 22.4. The second kappa shape index (κ2) is 4.95. The highest BCUT2D eigenvalue weighted by molar-refractivity contribution is 7.91. The Kier molecular flexibility index (Phi) is 3.58. The number of benzene rings is 1. The van der Waals surface area contributed by atoms with Crippen molar-refractivity contribution < 1.29 is 13.3 Å². The molecule has 1 unspecified atom stereocenters. The van der Waals surface area contributed by atoms with Crippen LogP contribution in [0.2, 0.25) is 0 Å². The van der Waals surface area contributed by atoms with Crippen LogP contribution in [0.1, 0.15) is 12.0 Å². The fourth-order valence-electron chi connectivity index (χ4n) is 1.71. The van der Waals surface area contributed by atoms with E-state index in [9.17, 15) is 8.42 Å². The predicted octanol–water partition coefficient (Wildman–Crippen LogP) is 0.895. The monoisotopic (exact) mass is 241 g/mol. The Morgan fingerprint density at radius 1 is 1.31 bits per heavy atom. The lowest BCUT2D eigenvalue weighted by Crippen LogP contribution is -2.29. The Morgan fingerprint density at radius 3 is 2.69 bits per heavy atom. The van der Waals surface area contributed by atoms with Crippen LogP contribution in [-0.4, -0.2) is 26.0 Å². The van der Waals surface area contributed by atoms with E-state index in [0.717, 1.165) is 5.56 Å². The number of hydroxylamine groups is 1. The fraction of sp³-hybridized carbons (Fsp3) is 0.455. The summed E-state index contributed by atoms with van der Waals surface area (Å²) in [7, 11) is -2.83. The first-order valence-electron chi connectivity index (χ1n) is 5.27. The van der Waals surface area contributed by atoms with Gasteiger partial charge in [-0.15, -0.1) is 0 Å². The number of nitrogens with one attached hydrogen (secondary N) is 1. The maximum atomic E-state index is 11.2. The van der Waals surface area contributed by atoms with Crippen molar-refractivity contribution in [2.75, 3.05) is 11.5 Å².